The van der Waals surface area contributed by atoms with Crippen LogP contribution in [0.5, 0.6) is 0 Å². The number of nitrogens with one attached hydrogen (secondary N) is 1. The fraction of sp³-hybridized carbons (Fsp3) is 0.417. The molecular weight excluding hydrogens is 250 g/mol. The zero-order valence-corrected chi connectivity index (χ0v) is 11.5. The zero-order valence-electron chi connectivity index (χ0n) is 9.90. The van der Waals surface area contributed by atoms with Crippen LogP contribution in [0.15, 0.2) is 17.5 Å². The van der Waals surface area contributed by atoms with Gasteiger partial charge in [-0.3, -0.25) is 0 Å². The van der Waals surface area contributed by atoms with Crippen LogP contribution in [0.25, 0.3) is 0 Å². The van der Waals surface area contributed by atoms with Crippen LogP contribution in [0.2, 0.25) is 0 Å². The number of thiophene rings is 1. The Balaban J connectivity index is 1.79. The van der Waals surface area contributed by atoms with Crippen molar-refractivity contribution in [2.24, 2.45) is 5.73 Å². The van der Waals surface area contributed by atoms with Crippen LogP contribution in [0, 0.1) is 0 Å². The summed E-state index contributed by atoms with van der Waals surface area (Å²) in [6.45, 7) is 4.46. The number of rotatable bonds is 6. The van der Waals surface area contributed by atoms with Gasteiger partial charge in [0.05, 0.1) is 5.69 Å². The van der Waals surface area contributed by atoms with E-state index in [-0.39, 0.29) is 0 Å². The first-order valence-corrected chi connectivity index (χ1v) is 7.43. The van der Waals surface area contributed by atoms with Gasteiger partial charge >= 0.3 is 0 Å². The summed E-state index contributed by atoms with van der Waals surface area (Å²) in [5.74, 6) is 0. The number of thiazole rings is 1. The van der Waals surface area contributed by atoms with Crippen LogP contribution in [0.1, 0.15) is 27.4 Å². The molecule has 0 fully saturated rings. The highest BCUT2D eigenvalue weighted by atomic mass is 32.1. The van der Waals surface area contributed by atoms with E-state index in [4.69, 9.17) is 5.73 Å². The first-order valence-electron chi connectivity index (χ1n) is 5.73. The highest BCUT2D eigenvalue weighted by molar-refractivity contribution is 7.12. The molecule has 0 bridgehead atoms. The summed E-state index contributed by atoms with van der Waals surface area (Å²) in [5, 5.41) is 6.48. The van der Waals surface area contributed by atoms with Crippen LogP contribution in [0.3, 0.4) is 0 Å². The molecule has 2 rings (SSSR count). The van der Waals surface area contributed by atoms with Gasteiger partial charge in [0.2, 0.25) is 0 Å². The standard InChI is InChI=1S/C12H17N3S2/c1-2-10-3-4-11(17-10)7-14-6-9-8-16-12(5-13)15-9/h3-4,8,14H,2,5-7,13H2,1H3. The van der Waals surface area contributed by atoms with Crippen molar-refractivity contribution in [1.82, 2.24) is 10.3 Å². The van der Waals surface area contributed by atoms with Crippen molar-refractivity contribution < 1.29 is 0 Å². The highest BCUT2D eigenvalue weighted by Gasteiger charge is 2.01. The Morgan fingerprint density at radius 3 is 2.76 bits per heavy atom. The van der Waals surface area contributed by atoms with Crippen molar-refractivity contribution in [2.45, 2.75) is 33.0 Å². The molecule has 3 nitrogen and oxygen atoms in total. The average Bonchev–Trinajstić information content (AvgIpc) is 2.97. The van der Waals surface area contributed by atoms with E-state index >= 15 is 0 Å². The van der Waals surface area contributed by atoms with E-state index in [9.17, 15) is 0 Å². The van der Waals surface area contributed by atoms with Crippen molar-refractivity contribution in [3.05, 3.63) is 38.0 Å². The predicted molar refractivity (Wildman–Crippen MR) is 74.2 cm³/mol. The van der Waals surface area contributed by atoms with Crippen molar-refractivity contribution in [2.75, 3.05) is 0 Å². The molecule has 3 N–H and O–H groups in total. The summed E-state index contributed by atoms with van der Waals surface area (Å²) in [5.41, 5.74) is 6.62. The summed E-state index contributed by atoms with van der Waals surface area (Å²) in [7, 11) is 0. The number of aromatic nitrogens is 1. The van der Waals surface area contributed by atoms with Gasteiger partial charge in [0, 0.05) is 34.8 Å². The Labute approximate surface area is 110 Å². The lowest BCUT2D eigenvalue weighted by molar-refractivity contribution is 0.687. The monoisotopic (exact) mass is 267 g/mol. The maximum atomic E-state index is 5.53. The van der Waals surface area contributed by atoms with Crippen LogP contribution in [-0.4, -0.2) is 4.98 Å². The average molecular weight is 267 g/mol. The summed E-state index contributed by atoms with van der Waals surface area (Å²) >= 11 is 3.51. The molecule has 0 saturated heterocycles. The molecule has 0 amide bonds. The SMILES string of the molecule is CCc1ccc(CNCc2csc(CN)n2)s1. The lowest BCUT2D eigenvalue weighted by atomic mass is 10.3. The molecule has 0 saturated carbocycles. The third-order valence-corrected chi connectivity index (χ3v) is 4.59. The Hall–Kier alpha value is -0.750. The molecular formula is C12H17N3S2. The number of hydrogen-bond acceptors (Lipinski definition) is 5. The molecule has 17 heavy (non-hydrogen) atoms. The van der Waals surface area contributed by atoms with E-state index in [0.29, 0.717) is 6.54 Å². The maximum Gasteiger partial charge on any atom is 0.106 e. The predicted octanol–water partition coefficient (Wildman–Crippen LogP) is 2.52. The zero-order chi connectivity index (χ0) is 12.1. The summed E-state index contributed by atoms with van der Waals surface area (Å²) in [6, 6.07) is 4.40. The van der Waals surface area contributed by atoms with Gasteiger partial charge in [-0.15, -0.1) is 22.7 Å². The van der Waals surface area contributed by atoms with Crippen LogP contribution >= 0.6 is 22.7 Å². The van der Waals surface area contributed by atoms with Crippen LogP contribution in [-0.2, 0) is 26.1 Å². The van der Waals surface area contributed by atoms with E-state index in [0.717, 1.165) is 30.2 Å². The van der Waals surface area contributed by atoms with E-state index < -0.39 is 0 Å². The van der Waals surface area contributed by atoms with Gasteiger partial charge in [0.15, 0.2) is 0 Å². The summed E-state index contributed by atoms with van der Waals surface area (Å²) in [4.78, 5) is 7.25. The molecule has 5 heteroatoms. The first-order chi connectivity index (χ1) is 8.31. The van der Waals surface area contributed by atoms with E-state index in [1.165, 1.54) is 9.75 Å². The van der Waals surface area contributed by atoms with Crippen molar-refractivity contribution in [3.63, 3.8) is 0 Å². The van der Waals surface area contributed by atoms with Crippen molar-refractivity contribution >= 4 is 22.7 Å². The van der Waals surface area contributed by atoms with Gasteiger partial charge in [0.25, 0.3) is 0 Å². The normalized spacial score (nSPS) is 10.9. The lowest BCUT2D eigenvalue weighted by Gasteiger charge is -1.99. The molecule has 2 aromatic heterocycles. The van der Waals surface area contributed by atoms with Crippen LogP contribution < -0.4 is 11.1 Å². The molecule has 92 valence electrons. The molecule has 2 aromatic rings. The Morgan fingerprint density at radius 1 is 1.29 bits per heavy atom. The minimum absolute atomic E-state index is 0.537. The smallest absolute Gasteiger partial charge is 0.106 e. The molecule has 0 aliphatic heterocycles. The molecule has 0 aromatic carbocycles. The Bertz CT molecular complexity index is 420. The largest absolute Gasteiger partial charge is 0.325 e. The van der Waals surface area contributed by atoms with Gasteiger partial charge in [-0.05, 0) is 18.6 Å². The van der Waals surface area contributed by atoms with Gasteiger partial charge < -0.3 is 11.1 Å². The molecule has 0 atom stereocenters. The Kier molecular flexibility index (Phi) is 4.67. The minimum atomic E-state index is 0.537. The van der Waals surface area contributed by atoms with E-state index in [2.05, 4.69) is 34.7 Å². The number of hydrogen-bond donors (Lipinski definition) is 2. The molecule has 0 aliphatic carbocycles. The topological polar surface area (TPSA) is 50.9 Å². The van der Waals surface area contributed by atoms with E-state index in [1.54, 1.807) is 11.3 Å². The second-order valence-electron chi connectivity index (χ2n) is 3.76. The third kappa shape index (κ3) is 3.61. The first kappa shape index (κ1) is 12.7. The van der Waals surface area contributed by atoms with Gasteiger partial charge in [-0.25, -0.2) is 4.98 Å². The molecule has 0 aliphatic rings. The van der Waals surface area contributed by atoms with E-state index in [1.807, 2.05) is 11.3 Å². The maximum absolute atomic E-state index is 5.53. The van der Waals surface area contributed by atoms with Gasteiger partial charge in [-0.1, -0.05) is 6.92 Å². The number of nitrogens with two attached hydrogens (primary N) is 1. The molecule has 0 unspecified atom stereocenters. The quantitative estimate of drug-likeness (QED) is 0.845. The number of aryl methyl sites for hydroxylation is 1. The van der Waals surface area contributed by atoms with Crippen LogP contribution in [0.4, 0.5) is 0 Å². The van der Waals surface area contributed by atoms with Crippen molar-refractivity contribution in [1.29, 1.82) is 0 Å². The summed E-state index contributed by atoms with van der Waals surface area (Å²) < 4.78 is 0. The summed E-state index contributed by atoms with van der Waals surface area (Å²) in [6.07, 6.45) is 1.12. The second kappa shape index (κ2) is 6.26. The Morgan fingerprint density at radius 2 is 2.12 bits per heavy atom. The fourth-order valence-electron chi connectivity index (χ4n) is 1.54. The van der Waals surface area contributed by atoms with Gasteiger partial charge in [-0.2, -0.15) is 0 Å². The molecule has 0 spiro atoms. The lowest BCUT2D eigenvalue weighted by Crippen LogP contribution is -2.12. The molecule has 2 heterocycles. The minimum Gasteiger partial charge on any atom is -0.325 e. The van der Waals surface area contributed by atoms with Crippen molar-refractivity contribution in [3.8, 4) is 0 Å². The third-order valence-electron chi connectivity index (χ3n) is 2.45. The highest BCUT2D eigenvalue weighted by Crippen LogP contribution is 2.16. The molecule has 0 radical (unpaired) electrons. The second-order valence-corrected chi connectivity index (χ2v) is 5.96. The van der Waals surface area contributed by atoms with Gasteiger partial charge in [0.1, 0.15) is 5.01 Å². The number of nitrogens with zero attached hydrogens (tertiary/aromatic N) is 1. The fourth-order valence-corrected chi connectivity index (χ4v) is 3.15.